The van der Waals surface area contributed by atoms with Crippen LogP contribution in [0.15, 0.2) is 237 Å². The molecule has 2 heteroatoms. The zero-order valence-electron chi connectivity index (χ0n) is 38.7. The highest BCUT2D eigenvalue weighted by molar-refractivity contribution is 6.22. The van der Waals surface area contributed by atoms with E-state index in [9.17, 15) is 0 Å². The van der Waals surface area contributed by atoms with Gasteiger partial charge in [0.05, 0.1) is 16.9 Å². The quantitative estimate of drug-likeness (QED) is 0.120. The molecule has 1 aliphatic carbocycles. The van der Waals surface area contributed by atoms with Gasteiger partial charge in [-0.25, -0.2) is 0 Å². The number of fused-ring (bicyclic) bond motifs is 6. The van der Waals surface area contributed by atoms with Gasteiger partial charge in [-0.1, -0.05) is 195 Å². The SMILES string of the molecule is C=C/C=C\c1c(N)c2ccc(-c3ccc4c(c3)C=CCC4)cc2n1-c1ccc(-c2cccc(-c3ccc4c(-c5ccc6ccccc6c5)c5ccccc5c(-c5ccc6ccccc6c5)c4c3)c2)cc1. The zero-order valence-corrected chi connectivity index (χ0v) is 38.7. The van der Waals surface area contributed by atoms with Crippen LogP contribution in [0, 0.1) is 0 Å². The lowest BCUT2D eigenvalue weighted by Crippen LogP contribution is -1.98. The van der Waals surface area contributed by atoms with E-state index in [-0.39, 0.29) is 0 Å². The Hall–Kier alpha value is -8.98. The van der Waals surface area contributed by atoms with E-state index < -0.39 is 0 Å². The maximum Gasteiger partial charge on any atom is 0.0698 e. The minimum atomic E-state index is 0.751. The molecule has 0 aliphatic heterocycles. The van der Waals surface area contributed by atoms with E-state index in [1.165, 1.54) is 93.2 Å². The van der Waals surface area contributed by atoms with Crippen LogP contribution in [0.25, 0.3) is 127 Å². The van der Waals surface area contributed by atoms with Crippen molar-refractivity contribution < 1.29 is 0 Å². The molecule has 330 valence electrons. The van der Waals surface area contributed by atoms with E-state index in [1.54, 1.807) is 6.08 Å². The van der Waals surface area contributed by atoms with Gasteiger partial charge in [-0.05, 0) is 177 Å². The molecule has 0 amide bonds. The molecule has 0 unspecified atom stereocenters. The second-order valence-corrected chi connectivity index (χ2v) is 18.6. The number of benzene rings is 11. The van der Waals surface area contributed by atoms with Crippen LogP contribution >= 0.6 is 0 Å². The first-order valence-corrected chi connectivity index (χ1v) is 24.3. The number of allylic oxidation sites excluding steroid dienone is 3. The van der Waals surface area contributed by atoms with E-state index in [2.05, 4.69) is 242 Å². The van der Waals surface area contributed by atoms with Gasteiger partial charge < -0.3 is 10.3 Å². The van der Waals surface area contributed by atoms with E-state index in [4.69, 9.17) is 5.73 Å². The molecule has 0 saturated heterocycles. The van der Waals surface area contributed by atoms with Gasteiger partial charge in [0.25, 0.3) is 0 Å². The average Bonchev–Trinajstić information content (AvgIpc) is 3.70. The molecule has 1 aromatic heterocycles. The normalized spacial score (nSPS) is 12.5. The molecule has 0 atom stereocenters. The Morgan fingerprint density at radius 1 is 0.429 bits per heavy atom. The van der Waals surface area contributed by atoms with Crippen molar-refractivity contribution in [1.29, 1.82) is 0 Å². The zero-order chi connectivity index (χ0) is 46.7. The summed E-state index contributed by atoms with van der Waals surface area (Å²) in [7, 11) is 0. The highest BCUT2D eigenvalue weighted by Gasteiger charge is 2.20. The fraction of sp³-hybridized carbons (Fsp3) is 0.0294. The molecule has 11 aromatic carbocycles. The van der Waals surface area contributed by atoms with Crippen molar-refractivity contribution >= 4 is 71.8 Å². The number of aryl methyl sites for hydroxylation is 1. The number of rotatable bonds is 8. The largest absolute Gasteiger partial charge is 0.396 e. The Bertz CT molecular complexity index is 4140. The lowest BCUT2D eigenvalue weighted by atomic mass is 9.84. The van der Waals surface area contributed by atoms with Gasteiger partial charge in [-0.3, -0.25) is 0 Å². The van der Waals surface area contributed by atoms with E-state index in [0.29, 0.717) is 0 Å². The van der Waals surface area contributed by atoms with Gasteiger partial charge in [0, 0.05) is 11.1 Å². The number of aromatic nitrogens is 1. The van der Waals surface area contributed by atoms with Gasteiger partial charge >= 0.3 is 0 Å². The van der Waals surface area contributed by atoms with Crippen molar-refractivity contribution in [3.63, 3.8) is 0 Å². The highest BCUT2D eigenvalue weighted by atomic mass is 15.0. The highest BCUT2D eigenvalue weighted by Crippen LogP contribution is 2.46. The molecule has 0 saturated carbocycles. The molecule has 70 heavy (non-hydrogen) atoms. The second kappa shape index (κ2) is 17.0. The third kappa shape index (κ3) is 7.04. The maximum absolute atomic E-state index is 6.96. The van der Waals surface area contributed by atoms with Crippen molar-refractivity contribution in [2.75, 3.05) is 5.73 Å². The standard InChI is InChI=1S/C68H48N2/c1-2-3-23-64-68(69)62-37-33-55(53-27-24-44-13-4-7-16-48(44)39-53)43-65(62)70(64)58-34-30-47(31-35-58)51-19-12-20-52(38-51)54-32-36-61-63(42-54)67(57-29-26-46-15-6-9-18-50(46)41-57)60-22-11-10-21-59(60)66(61)56-28-25-45-14-5-8-17-49(45)40-56/h2-3,5-12,14-43H,1,4,13,69H2/b23-3-. The molecule has 1 aliphatic rings. The first kappa shape index (κ1) is 41.2. The monoisotopic (exact) mass is 892 g/mol. The van der Waals surface area contributed by atoms with E-state index in [0.717, 1.165) is 57.5 Å². The molecule has 12 aromatic rings. The van der Waals surface area contributed by atoms with Crippen molar-refractivity contribution in [1.82, 2.24) is 4.57 Å². The van der Waals surface area contributed by atoms with Gasteiger partial charge in [0.15, 0.2) is 0 Å². The summed E-state index contributed by atoms with van der Waals surface area (Å²) < 4.78 is 2.28. The van der Waals surface area contributed by atoms with E-state index >= 15 is 0 Å². The first-order valence-electron chi connectivity index (χ1n) is 24.3. The number of nitrogens with two attached hydrogens (primary N) is 1. The van der Waals surface area contributed by atoms with Crippen LogP contribution in [0.4, 0.5) is 5.69 Å². The third-order valence-corrected chi connectivity index (χ3v) is 14.5. The molecular formula is C68H48N2. The first-order chi connectivity index (χ1) is 34.6. The second-order valence-electron chi connectivity index (χ2n) is 18.6. The molecule has 0 fully saturated rings. The Balaban J connectivity index is 0.928. The number of hydrogen-bond donors (Lipinski definition) is 1. The van der Waals surface area contributed by atoms with Crippen LogP contribution in [0.2, 0.25) is 0 Å². The van der Waals surface area contributed by atoms with Crippen LogP contribution in [-0.2, 0) is 6.42 Å². The Labute approximate surface area is 408 Å². The fourth-order valence-electron chi connectivity index (χ4n) is 11.1. The van der Waals surface area contributed by atoms with Gasteiger partial charge in [0.2, 0.25) is 0 Å². The summed E-state index contributed by atoms with van der Waals surface area (Å²) in [6, 6.07) is 78.5. The summed E-state index contributed by atoms with van der Waals surface area (Å²) in [6.45, 7) is 3.96. The van der Waals surface area contributed by atoms with Crippen molar-refractivity contribution in [2.45, 2.75) is 12.8 Å². The summed E-state index contributed by atoms with van der Waals surface area (Å²) in [4.78, 5) is 0. The van der Waals surface area contributed by atoms with Gasteiger partial charge in [-0.15, -0.1) is 0 Å². The average molecular weight is 893 g/mol. The van der Waals surface area contributed by atoms with Crippen LogP contribution in [0.1, 0.15) is 23.2 Å². The summed E-state index contributed by atoms with van der Waals surface area (Å²) >= 11 is 0. The van der Waals surface area contributed by atoms with Crippen LogP contribution in [0.3, 0.4) is 0 Å². The molecule has 0 radical (unpaired) electrons. The maximum atomic E-state index is 6.96. The molecule has 13 rings (SSSR count). The Kier molecular flexibility index (Phi) is 9.99. The molecular weight excluding hydrogens is 845 g/mol. The number of anilines is 1. The Morgan fingerprint density at radius 3 is 1.67 bits per heavy atom. The van der Waals surface area contributed by atoms with Crippen LogP contribution in [-0.4, -0.2) is 4.57 Å². The van der Waals surface area contributed by atoms with Crippen LogP contribution < -0.4 is 5.73 Å². The summed E-state index contributed by atoms with van der Waals surface area (Å²) in [5, 5.41) is 10.9. The summed E-state index contributed by atoms with van der Waals surface area (Å²) in [5.74, 6) is 0. The third-order valence-electron chi connectivity index (χ3n) is 14.5. The lowest BCUT2D eigenvalue weighted by Gasteiger charge is -2.19. The summed E-state index contributed by atoms with van der Waals surface area (Å²) in [5.41, 5.74) is 25.4. The summed E-state index contributed by atoms with van der Waals surface area (Å²) in [6.07, 6.45) is 12.5. The topological polar surface area (TPSA) is 30.9 Å². The predicted molar refractivity (Wildman–Crippen MR) is 301 cm³/mol. The van der Waals surface area contributed by atoms with E-state index in [1.807, 2.05) is 6.08 Å². The molecule has 0 spiro atoms. The van der Waals surface area contributed by atoms with Crippen LogP contribution in [0.5, 0.6) is 0 Å². The smallest absolute Gasteiger partial charge is 0.0698 e. The fourth-order valence-corrected chi connectivity index (χ4v) is 11.1. The molecule has 2 N–H and O–H groups in total. The molecule has 1 heterocycles. The minimum absolute atomic E-state index is 0.751. The number of nitrogens with zero attached hydrogens (tertiary/aromatic N) is 1. The van der Waals surface area contributed by atoms with Crippen molar-refractivity contribution in [3.8, 4) is 61.3 Å². The predicted octanol–water partition coefficient (Wildman–Crippen LogP) is 18.3. The molecule has 0 bridgehead atoms. The number of nitrogen functional groups attached to an aromatic ring is 1. The lowest BCUT2D eigenvalue weighted by molar-refractivity contribution is 0.986. The molecule has 2 nitrogen and oxygen atoms in total. The van der Waals surface area contributed by atoms with Gasteiger partial charge in [0.1, 0.15) is 0 Å². The van der Waals surface area contributed by atoms with Gasteiger partial charge in [-0.2, -0.15) is 0 Å². The van der Waals surface area contributed by atoms with Crippen molar-refractivity contribution in [2.24, 2.45) is 0 Å². The Morgan fingerprint density at radius 2 is 0.971 bits per heavy atom. The minimum Gasteiger partial charge on any atom is -0.396 e. The van der Waals surface area contributed by atoms with Crippen molar-refractivity contribution in [3.05, 3.63) is 254 Å². The number of hydrogen-bond acceptors (Lipinski definition) is 1.